The molecule has 3 N–H and O–H groups in total. The third-order valence-electron chi connectivity index (χ3n) is 2.44. The molecule has 0 atom stereocenters. The van der Waals surface area contributed by atoms with E-state index >= 15 is 0 Å². The number of aryl methyl sites for hydroxylation is 1. The predicted octanol–water partition coefficient (Wildman–Crippen LogP) is 2.55. The Labute approximate surface area is 120 Å². The lowest BCUT2D eigenvalue weighted by Gasteiger charge is -2.07. The van der Waals surface area contributed by atoms with Crippen LogP contribution in [0.15, 0.2) is 34.8 Å². The third-order valence-corrected chi connectivity index (χ3v) is 2.93. The lowest BCUT2D eigenvalue weighted by molar-refractivity contribution is 0.102. The maximum Gasteiger partial charge on any atom is 0.156 e. The highest BCUT2D eigenvalue weighted by atomic mass is 79.9. The van der Waals surface area contributed by atoms with Crippen LogP contribution < -0.4 is 11.3 Å². The Bertz CT molecular complexity index is 562. The number of hydrazine groups is 1. The Morgan fingerprint density at radius 3 is 2.84 bits per heavy atom. The molecule has 2 rings (SSSR count). The summed E-state index contributed by atoms with van der Waals surface area (Å²) in [5, 5.41) is 0. The first-order valence-corrected chi connectivity index (χ1v) is 6.60. The maximum atomic E-state index is 5.60. The van der Waals surface area contributed by atoms with Crippen molar-refractivity contribution in [1.82, 2.24) is 9.97 Å². The van der Waals surface area contributed by atoms with Gasteiger partial charge >= 0.3 is 0 Å². The van der Waals surface area contributed by atoms with E-state index in [4.69, 9.17) is 10.6 Å². The molecule has 100 valence electrons. The minimum Gasteiger partial charge on any atom is -0.369 e. The zero-order valence-corrected chi connectivity index (χ0v) is 12.1. The van der Waals surface area contributed by atoms with Gasteiger partial charge in [0.05, 0.1) is 6.61 Å². The number of hydrogen-bond acceptors (Lipinski definition) is 5. The van der Waals surface area contributed by atoms with Crippen molar-refractivity contribution in [2.75, 3.05) is 5.43 Å². The first kappa shape index (κ1) is 13.9. The van der Waals surface area contributed by atoms with Gasteiger partial charge in [-0.3, -0.25) is 0 Å². The molecule has 0 bridgehead atoms. The molecule has 0 spiro atoms. The summed E-state index contributed by atoms with van der Waals surface area (Å²) >= 11 is 3.42. The van der Waals surface area contributed by atoms with Gasteiger partial charge in [-0.25, -0.2) is 15.8 Å². The number of nitrogens with one attached hydrogen (secondary N) is 1. The van der Waals surface area contributed by atoms with Crippen molar-refractivity contribution in [3.8, 4) is 0 Å². The first-order valence-electron chi connectivity index (χ1n) is 5.81. The molecule has 6 heteroatoms. The Hall–Kier alpha value is -1.50. The van der Waals surface area contributed by atoms with Crippen molar-refractivity contribution in [3.05, 3.63) is 51.9 Å². The zero-order chi connectivity index (χ0) is 13.7. The standard InChI is InChI=1S/C13H15BrN4O/c1-9-5-12(18-15)17-13(16-9)8-19-7-10-3-2-4-11(14)6-10/h2-6H,7-8,15H2,1H3,(H,16,17,18). The van der Waals surface area contributed by atoms with Crippen LogP contribution in [0.3, 0.4) is 0 Å². The lowest BCUT2D eigenvalue weighted by Crippen LogP contribution is -2.11. The fourth-order valence-corrected chi connectivity index (χ4v) is 2.10. The predicted molar refractivity (Wildman–Crippen MR) is 77.2 cm³/mol. The second-order valence-corrected chi connectivity index (χ2v) is 4.99. The monoisotopic (exact) mass is 322 g/mol. The van der Waals surface area contributed by atoms with E-state index in [1.165, 1.54) is 0 Å². The average molecular weight is 323 g/mol. The lowest BCUT2D eigenvalue weighted by atomic mass is 10.2. The SMILES string of the molecule is Cc1cc(NN)nc(COCc2cccc(Br)c2)n1. The first-order chi connectivity index (χ1) is 9.17. The molecular formula is C13H15BrN4O. The number of aromatic nitrogens is 2. The summed E-state index contributed by atoms with van der Waals surface area (Å²) in [7, 11) is 0. The van der Waals surface area contributed by atoms with Crippen LogP contribution in [0.5, 0.6) is 0 Å². The Kier molecular flexibility index (Phi) is 4.84. The van der Waals surface area contributed by atoms with Gasteiger partial charge < -0.3 is 10.2 Å². The quantitative estimate of drug-likeness (QED) is 0.653. The van der Waals surface area contributed by atoms with Crippen molar-refractivity contribution in [1.29, 1.82) is 0 Å². The van der Waals surface area contributed by atoms with E-state index in [2.05, 4.69) is 31.3 Å². The van der Waals surface area contributed by atoms with E-state index < -0.39 is 0 Å². The smallest absolute Gasteiger partial charge is 0.156 e. The summed E-state index contributed by atoms with van der Waals surface area (Å²) in [4.78, 5) is 8.51. The normalized spacial score (nSPS) is 10.5. The molecule has 0 aliphatic carbocycles. The van der Waals surface area contributed by atoms with Crippen molar-refractivity contribution in [2.24, 2.45) is 5.84 Å². The molecule has 5 nitrogen and oxygen atoms in total. The molecular weight excluding hydrogens is 308 g/mol. The molecule has 0 fully saturated rings. The van der Waals surface area contributed by atoms with E-state index in [1.807, 2.05) is 31.2 Å². The second-order valence-electron chi connectivity index (χ2n) is 4.08. The third kappa shape index (κ3) is 4.27. The topological polar surface area (TPSA) is 73.1 Å². The van der Waals surface area contributed by atoms with Crippen molar-refractivity contribution < 1.29 is 4.74 Å². The van der Waals surface area contributed by atoms with Gasteiger partial charge in [-0.2, -0.15) is 0 Å². The van der Waals surface area contributed by atoms with Gasteiger partial charge in [-0.05, 0) is 24.6 Å². The number of anilines is 1. The number of nitrogens with two attached hydrogens (primary N) is 1. The summed E-state index contributed by atoms with van der Waals surface area (Å²) in [5.74, 6) is 6.54. The van der Waals surface area contributed by atoms with Crippen molar-refractivity contribution >= 4 is 21.7 Å². The molecule has 0 saturated carbocycles. The summed E-state index contributed by atoms with van der Waals surface area (Å²) < 4.78 is 6.64. The van der Waals surface area contributed by atoms with E-state index in [0.29, 0.717) is 24.9 Å². The number of nitrogens with zero attached hydrogens (tertiary/aromatic N) is 2. The largest absolute Gasteiger partial charge is 0.369 e. The Morgan fingerprint density at radius 2 is 2.11 bits per heavy atom. The number of nitrogen functional groups attached to an aromatic ring is 1. The van der Waals surface area contributed by atoms with Crippen molar-refractivity contribution in [2.45, 2.75) is 20.1 Å². The van der Waals surface area contributed by atoms with Crippen LogP contribution >= 0.6 is 15.9 Å². The molecule has 1 aromatic heterocycles. The van der Waals surface area contributed by atoms with Crippen LogP contribution in [-0.4, -0.2) is 9.97 Å². The van der Waals surface area contributed by atoms with E-state index in [9.17, 15) is 0 Å². The zero-order valence-electron chi connectivity index (χ0n) is 10.6. The second kappa shape index (κ2) is 6.60. The van der Waals surface area contributed by atoms with Crippen LogP contribution in [0.1, 0.15) is 17.1 Å². The molecule has 0 unspecified atom stereocenters. The van der Waals surface area contributed by atoms with Crippen LogP contribution in [-0.2, 0) is 18.0 Å². The highest BCUT2D eigenvalue weighted by Crippen LogP contribution is 2.13. The van der Waals surface area contributed by atoms with Gasteiger partial charge in [0.15, 0.2) is 5.82 Å². The Balaban J connectivity index is 1.94. The number of halogens is 1. The van der Waals surface area contributed by atoms with Gasteiger partial charge in [0, 0.05) is 16.2 Å². The Morgan fingerprint density at radius 1 is 1.26 bits per heavy atom. The highest BCUT2D eigenvalue weighted by molar-refractivity contribution is 9.10. The minimum atomic E-state index is 0.350. The summed E-state index contributed by atoms with van der Waals surface area (Å²) in [6.07, 6.45) is 0. The number of benzene rings is 1. The van der Waals surface area contributed by atoms with Crippen LogP contribution in [0, 0.1) is 6.92 Å². The van der Waals surface area contributed by atoms with Crippen LogP contribution in [0.4, 0.5) is 5.82 Å². The molecule has 0 saturated heterocycles. The summed E-state index contributed by atoms with van der Waals surface area (Å²) in [6, 6.07) is 9.76. The summed E-state index contributed by atoms with van der Waals surface area (Å²) in [6.45, 7) is 2.76. The van der Waals surface area contributed by atoms with E-state index in [1.54, 1.807) is 6.07 Å². The summed E-state index contributed by atoms with van der Waals surface area (Å²) in [5.41, 5.74) is 4.46. The number of ether oxygens (including phenoxy) is 1. The molecule has 0 amide bonds. The highest BCUT2D eigenvalue weighted by Gasteiger charge is 2.02. The molecule has 0 radical (unpaired) electrons. The number of hydrogen-bond donors (Lipinski definition) is 2. The van der Waals surface area contributed by atoms with E-state index in [-0.39, 0.29) is 0 Å². The molecule has 19 heavy (non-hydrogen) atoms. The maximum absolute atomic E-state index is 5.60. The van der Waals surface area contributed by atoms with Crippen LogP contribution in [0.2, 0.25) is 0 Å². The van der Waals surface area contributed by atoms with Crippen LogP contribution in [0.25, 0.3) is 0 Å². The molecule has 0 aliphatic heterocycles. The minimum absolute atomic E-state index is 0.350. The van der Waals surface area contributed by atoms with E-state index in [0.717, 1.165) is 15.7 Å². The fourth-order valence-electron chi connectivity index (χ4n) is 1.66. The van der Waals surface area contributed by atoms with Crippen molar-refractivity contribution in [3.63, 3.8) is 0 Å². The average Bonchev–Trinajstić information content (AvgIpc) is 2.38. The van der Waals surface area contributed by atoms with Gasteiger partial charge in [0.25, 0.3) is 0 Å². The van der Waals surface area contributed by atoms with Gasteiger partial charge in [-0.1, -0.05) is 28.1 Å². The number of rotatable bonds is 5. The fraction of sp³-hybridized carbons (Fsp3) is 0.231. The van der Waals surface area contributed by atoms with Gasteiger partial charge in [0.2, 0.25) is 0 Å². The van der Waals surface area contributed by atoms with Gasteiger partial charge in [0.1, 0.15) is 12.4 Å². The molecule has 1 aromatic carbocycles. The molecule has 1 heterocycles. The molecule has 2 aromatic rings. The molecule has 0 aliphatic rings. The van der Waals surface area contributed by atoms with Gasteiger partial charge in [-0.15, -0.1) is 0 Å².